The summed E-state index contributed by atoms with van der Waals surface area (Å²) in [5, 5.41) is 13.3. The average molecular weight is 265 g/mol. The Bertz CT molecular complexity index is 460. The van der Waals surface area contributed by atoms with Crippen molar-refractivity contribution in [3.05, 3.63) is 39.9 Å². The summed E-state index contributed by atoms with van der Waals surface area (Å²) in [4.78, 5) is 21.9. The molecule has 3 N–H and O–H groups in total. The number of hydrogen-bond acceptors (Lipinski definition) is 4. The molecule has 0 spiro atoms. The molecule has 6 heteroatoms. The van der Waals surface area contributed by atoms with Crippen molar-refractivity contribution in [1.82, 2.24) is 5.32 Å². The molecule has 19 heavy (non-hydrogen) atoms. The van der Waals surface area contributed by atoms with Gasteiger partial charge in [0, 0.05) is 18.7 Å². The summed E-state index contributed by atoms with van der Waals surface area (Å²) >= 11 is 0. The minimum atomic E-state index is -0.543. The van der Waals surface area contributed by atoms with Gasteiger partial charge in [-0.05, 0) is 17.9 Å². The fraction of sp³-hybridized carbons (Fsp3) is 0.462. The normalized spacial score (nSPS) is 12.2. The molecular formula is C13H19N3O3. The quantitative estimate of drug-likeness (QED) is 0.602. The lowest BCUT2D eigenvalue weighted by atomic mass is 10.0. The number of nitrogens with one attached hydrogen (secondary N) is 1. The van der Waals surface area contributed by atoms with Gasteiger partial charge >= 0.3 is 0 Å². The van der Waals surface area contributed by atoms with E-state index in [1.54, 1.807) is 12.1 Å². The fourth-order valence-corrected chi connectivity index (χ4v) is 1.72. The van der Waals surface area contributed by atoms with E-state index in [1.165, 1.54) is 12.1 Å². The molecule has 1 aromatic carbocycles. The number of amides is 1. The summed E-state index contributed by atoms with van der Waals surface area (Å²) in [5.74, 6) is 0.110. The van der Waals surface area contributed by atoms with E-state index in [4.69, 9.17) is 5.73 Å². The van der Waals surface area contributed by atoms with Gasteiger partial charge in [-0.2, -0.15) is 0 Å². The molecule has 0 unspecified atom stereocenters. The van der Waals surface area contributed by atoms with Crippen LogP contribution in [0, 0.1) is 16.0 Å². The molecule has 0 aliphatic rings. The van der Waals surface area contributed by atoms with Crippen molar-refractivity contribution < 1.29 is 9.72 Å². The Morgan fingerprint density at radius 2 is 2.16 bits per heavy atom. The fourth-order valence-electron chi connectivity index (χ4n) is 1.72. The third-order valence-electron chi connectivity index (χ3n) is 2.65. The highest BCUT2D eigenvalue weighted by atomic mass is 16.6. The predicted octanol–water partition coefficient (Wildman–Crippen LogP) is 1.58. The maximum Gasteiger partial charge on any atom is 0.269 e. The highest BCUT2D eigenvalue weighted by Crippen LogP contribution is 2.12. The summed E-state index contributed by atoms with van der Waals surface area (Å²) in [6.45, 7) is 4.23. The molecule has 6 nitrogen and oxygen atoms in total. The number of nitro groups is 1. The van der Waals surface area contributed by atoms with Crippen LogP contribution in [-0.2, 0) is 11.3 Å². The Kier molecular flexibility index (Phi) is 5.44. The van der Waals surface area contributed by atoms with Crippen molar-refractivity contribution in [2.45, 2.75) is 32.9 Å². The Morgan fingerprint density at radius 3 is 2.74 bits per heavy atom. The zero-order valence-electron chi connectivity index (χ0n) is 11.1. The molecule has 1 rings (SSSR count). The maximum absolute atomic E-state index is 11.7. The molecule has 0 aliphatic carbocycles. The topological polar surface area (TPSA) is 98.3 Å². The summed E-state index contributed by atoms with van der Waals surface area (Å²) < 4.78 is 0. The lowest BCUT2D eigenvalue weighted by Crippen LogP contribution is -2.41. The van der Waals surface area contributed by atoms with Crippen LogP contribution < -0.4 is 11.1 Å². The smallest absolute Gasteiger partial charge is 0.269 e. The molecule has 1 aromatic rings. The maximum atomic E-state index is 11.7. The standard InChI is InChI=1S/C13H19N3O3/c1-9(2)6-12(14)13(17)15-8-10-4-3-5-11(7-10)16(18)19/h3-5,7,9,12H,6,8,14H2,1-2H3,(H,15,17)/t12-/m0/s1. The Labute approximate surface area is 112 Å². The zero-order chi connectivity index (χ0) is 14.4. The molecule has 0 aliphatic heterocycles. The van der Waals surface area contributed by atoms with Crippen LogP contribution >= 0.6 is 0 Å². The molecule has 1 atom stereocenters. The number of non-ortho nitro benzene ring substituents is 1. The van der Waals surface area contributed by atoms with Gasteiger partial charge in [0.15, 0.2) is 0 Å². The number of carbonyl (C=O) groups excluding carboxylic acids is 1. The molecule has 0 bridgehead atoms. The number of nitrogens with zero attached hydrogens (tertiary/aromatic N) is 1. The zero-order valence-corrected chi connectivity index (χ0v) is 11.1. The van der Waals surface area contributed by atoms with E-state index in [9.17, 15) is 14.9 Å². The molecule has 0 radical (unpaired) electrons. The molecule has 0 heterocycles. The third-order valence-corrected chi connectivity index (χ3v) is 2.65. The molecule has 0 saturated carbocycles. The Balaban J connectivity index is 2.54. The third kappa shape index (κ3) is 5.05. The molecule has 1 amide bonds. The van der Waals surface area contributed by atoms with Crippen LogP contribution in [0.3, 0.4) is 0 Å². The second-order valence-electron chi connectivity index (χ2n) is 4.88. The molecule has 0 fully saturated rings. The lowest BCUT2D eigenvalue weighted by Gasteiger charge is -2.14. The van der Waals surface area contributed by atoms with Gasteiger partial charge in [0.25, 0.3) is 5.69 Å². The van der Waals surface area contributed by atoms with Gasteiger partial charge in [-0.25, -0.2) is 0 Å². The summed E-state index contributed by atoms with van der Waals surface area (Å²) in [7, 11) is 0. The first-order chi connectivity index (χ1) is 8.90. The van der Waals surface area contributed by atoms with Gasteiger partial charge in [0.05, 0.1) is 11.0 Å². The van der Waals surface area contributed by atoms with Crippen molar-refractivity contribution in [2.75, 3.05) is 0 Å². The van der Waals surface area contributed by atoms with Gasteiger partial charge < -0.3 is 11.1 Å². The highest BCUT2D eigenvalue weighted by Gasteiger charge is 2.14. The molecule has 0 saturated heterocycles. The van der Waals surface area contributed by atoms with E-state index in [2.05, 4.69) is 5.32 Å². The lowest BCUT2D eigenvalue weighted by molar-refractivity contribution is -0.384. The van der Waals surface area contributed by atoms with E-state index >= 15 is 0 Å². The van der Waals surface area contributed by atoms with E-state index in [-0.39, 0.29) is 18.1 Å². The van der Waals surface area contributed by atoms with Crippen LogP contribution in [0.5, 0.6) is 0 Å². The Hall–Kier alpha value is -1.95. The first-order valence-corrected chi connectivity index (χ1v) is 6.16. The van der Waals surface area contributed by atoms with Gasteiger partial charge in [0.1, 0.15) is 0 Å². The van der Waals surface area contributed by atoms with Gasteiger partial charge in [0.2, 0.25) is 5.91 Å². The highest BCUT2D eigenvalue weighted by molar-refractivity contribution is 5.81. The number of benzene rings is 1. The van der Waals surface area contributed by atoms with Crippen LogP contribution in [0.1, 0.15) is 25.8 Å². The first-order valence-electron chi connectivity index (χ1n) is 6.16. The van der Waals surface area contributed by atoms with E-state index < -0.39 is 11.0 Å². The van der Waals surface area contributed by atoms with Crippen molar-refractivity contribution in [3.63, 3.8) is 0 Å². The van der Waals surface area contributed by atoms with Crippen LogP contribution in [0.25, 0.3) is 0 Å². The van der Waals surface area contributed by atoms with Crippen LogP contribution in [0.15, 0.2) is 24.3 Å². The van der Waals surface area contributed by atoms with Gasteiger partial charge in [-0.15, -0.1) is 0 Å². The van der Waals surface area contributed by atoms with Crippen molar-refractivity contribution in [3.8, 4) is 0 Å². The second kappa shape index (κ2) is 6.84. The van der Waals surface area contributed by atoms with E-state index in [0.29, 0.717) is 17.9 Å². The predicted molar refractivity (Wildman–Crippen MR) is 72.4 cm³/mol. The van der Waals surface area contributed by atoms with Crippen LogP contribution in [0.4, 0.5) is 5.69 Å². The van der Waals surface area contributed by atoms with Crippen LogP contribution in [0.2, 0.25) is 0 Å². The summed E-state index contributed by atoms with van der Waals surface area (Å²) in [5.41, 5.74) is 6.43. The minimum Gasteiger partial charge on any atom is -0.351 e. The van der Waals surface area contributed by atoms with Crippen molar-refractivity contribution >= 4 is 11.6 Å². The largest absolute Gasteiger partial charge is 0.351 e. The van der Waals surface area contributed by atoms with Gasteiger partial charge in [-0.1, -0.05) is 26.0 Å². The summed E-state index contributed by atoms with van der Waals surface area (Å²) in [6.07, 6.45) is 0.612. The van der Waals surface area contributed by atoms with E-state index in [1.807, 2.05) is 13.8 Å². The van der Waals surface area contributed by atoms with E-state index in [0.717, 1.165) is 0 Å². The first kappa shape index (κ1) is 15.1. The second-order valence-corrected chi connectivity index (χ2v) is 4.88. The minimum absolute atomic E-state index is 0.0122. The van der Waals surface area contributed by atoms with Crippen LogP contribution in [-0.4, -0.2) is 16.9 Å². The average Bonchev–Trinajstić information content (AvgIpc) is 2.35. The van der Waals surface area contributed by atoms with Gasteiger partial charge in [-0.3, -0.25) is 14.9 Å². The molecule has 0 aromatic heterocycles. The molecular weight excluding hydrogens is 246 g/mol. The Morgan fingerprint density at radius 1 is 1.47 bits per heavy atom. The SMILES string of the molecule is CC(C)C[C@H](N)C(=O)NCc1cccc([N+](=O)[O-])c1. The van der Waals surface area contributed by atoms with Crippen molar-refractivity contribution in [1.29, 1.82) is 0 Å². The van der Waals surface area contributed by atoms with Crippen molar-refractivity contribution in [2.24, 2.45) is 11.7 Å². The number of nitrogens with two attached hydrogens (primary N) is 1. The number of hydrogen-bond donors (Lipinski definition) is 2. The number of nitro benzene ring substituents is 1. The number of rotatable bonds is 6. The molecule has 104 valence electrons. The monoisotopic (exact) mass is 265 g/mol. The summed E-state index contributed by atoms with van der Waals surface area (Å²) in [6, 6.07) is 5.62. The number of carbonyl (C=O) groups is 1.